The van der Waals surface area contributed by atoms with Crippen molar-refractivity contribution in [2.45, 2.75) is 31.2 Å². The molecule has 0 radical (unpaired) electrons. The molecule has 4 nitrogen and oxygen atoms in total. The maximum absolute atomic E-state index is 6.13. The fourth-order valence-electron chi connectivity index (χ4n) is 1.81. The van der Waals surface area contributed by atoms with E-state index in [1.807, 2.05) is 0 Å². The topological polar surface area (TPSA) is 61.0 Å². The van der Waals surface area contributed by atoms with Crippen LogP contribution in [0.5, 0.6) is 5.88 Å². The van der Waals surface area contributed by atoms with Crippen LogP contribution >= 0.6 is 0 Å². The number of hydrogen-bond acceptors (Lipinski definition) is 4. The van der Waals surface area contributed by atoms with Crippen molar-refractivity contribution >= 4 is 0 Å². The number of hydrogen-bond donors (Lipinski definition) is 1. The standard InChI is InChI=1S/C10H15N3O/c11-10(5-1-2-6-10)8-14-9-4-3-7-12-13-9/h3-4,7H,1-2,5-6,8,11H2. The van der Waals surface area contributed by atoms with Gasteiger partial charge in [0.15, 0.2) is 0 Å². The molecule has 1 saturated carbocycles. The molecule has 0 bridgehead atoms. The van der Waals surface area contributed by atoms with Crippen LogP contribution in [0.1, 0.15) is 25.7 Å². The zero-order chi connectivity index (χ0) is 9.86. The third-order valence-electron chi connectivity index (χ3n) is 2.65. The van der Waals surface area contributed by atoms with Crippen LogP contribution in [0.4, 0.5) is 0 Å². The minimum atomic E-state index is -0.141. The molecule has 2 N–H and O–H groups in total. The fourth-order valence-corrected chi connectivity index (χ4v) is 1.81. The van der Waals surface area contributed by atoms with Gasteiger partial charge < -0.3 is 10.5 Å². The van der Waals surface area contributed by atoms with E-state index in [9.17, 15) is 0 Å². The minimum Gasteiger partial charge on any atom is -0.475 e. The van der Waals surface area contributed by atoms with E-state index in [0.29, 0.717) is 12.5 Å². The predicted octanol–water partition coefficient (Wildman–Crippen LogP) is 1.13. The first-order valence-electron chi connectivity index (χ1n) is 4.98. The molecule has 76 valence electrons. The lowest BCUT2D eigenvalue weighted by atomic mass is 10.0. The molecule has 0 saturated heterocycles. The minimum absolute atomic E-state index is 0.141. The maximum Gasteiger partial charge on any atom is 0.233 e. The summed E-state index contributed by atoms with van der Waals surface area (Å²) < 4.78 is 5.49. The number of nitrogens with zero attached hydrogens (tertiary/aromatic N) is 2. The highest BCUT2D eigenvalue weighted by Crippen LogP contribution is 2.27. The normalized spacial score (nSPS) is 19.5. The monoisotopic (exact) mass is 193 g/mol. The van der Waals surface area contributed by atoms with Gasteiger partial charge in [-0.3, -0.25) is 0 Å². The van der Waals surface area contributed by atoms with Gasteiger partial charge in [0, 0.05) is 12.3 Å². The van der Waals surface area contributed by atoms with Crippen molar-refractivity contribution in [2.24, 2.45) is 5.73 Å². The van der Waals surface area contributed by atoms with Crippen LogP contribution in [0.15, 0.2) is 18.3 Å². The Hall–Kier alpha value is -1.16. The van der Waals surface area contributed by atoms with E-state index < -0.39 is 0 Å². The third kappa shape index (κ3) is 2.20. The van der Waals surface area contributed by atoms with E-state index in [4.69, 9.17) is 10.5 Å². The molecule has 1 aromatic rings. The van der Waals surface area contributed by atoms with Crippen LogP contribution in [0.2, 0.25) is 0 Å². The van der Waals surface area contributed by atoms with Gasteiger partial charge in [-0.2, -0.15) is 5.10 Å². The van der Waals surface area contributed by atoms with Gasteiger partial charge in [0.2, 0.25) is 5.88 Å². The van der Waals surface area contributed by atoms with Gasteiger partial charge in [-0.1, -0.05) is 12.8 Å². The van der Waals surface area contributed by atoms with E-state index in [2.05, 4.69) is 10.2 Å². The third-order valence-corrected chi connectivity index (χ3v) is 2.65. The highest BCUT2D eigenvalue weighted by atomic mass is 16.5. The highest BCUT2D eigenvalue weighted by molar-refractivity contribution is 5.06. The van der Waals surface area contributed by atoms with Crippen LogP contribution in [-0.2, 0) is 0 Å². The van der Waals surface area contributed by atoms with Crippen molar-refractivity contribution in [1.29, 1.82) is 0 Å². The molecule has 1 aliphatic carbocycles. The van der Waals surface area contributed by atoms with Crippen molar-refractivity contribution in [3.05, 3.63) is 18.3 Å². The van der Waals surface area contributed by atoms with E-state index in [0.717, 1.165) is 12.8 Å². The molecule has 2 rings (SSSR count). The van der Waals surface area contributed by atoms with Crippen molar-refractivity contribution in [2.75, 3.05) is 6.61 Å². The summed E-state index contributed by atoms with van der Waals surface area (Å²) in [6, 6.07) is 3.60. The molecule has 4 heteroatoms. The Balaban J connectivity index is 1.88. The molecule has 14 heavy (non-hydrogen) atoms. The van der Waals surface area contributed by atoms with E-state index in [-0.39, 0.29) is 5.54 Å². The first kappa shape index (κ1) is 9.40. The molecule has 0 aliphatic heterocycles. The Labute approximate surface area is 83.5 Å². The van der Waals surface area contributed by atoms with Gasteiger partial charge in [-0.25, -0.2) is 0 Å². The fraction of sp³-hybridized carbons (Fsp3) is 0.600. The molecule has 0 unspecified atom stereocenters. The quantitative estimate of drug-likeness (QED) is 0.781. The first-order chi connectivity index (χ1) is 6.79. The number of aromatic nitrogens is 2. The smallest absolute Gasteiger partial charge is 0.233 e. The molecular formula is C10H15N3O. The molecule has 0 amide bonds. The summed E-state index contributed by atoms with van der Waals surface area (Å²) >= 11 is 0. The van der Waals surface area contributed by atoms with Crippen molar-refractivity contribution in [3.8, 4) is 5.88 Å². The lowest BCUT2D eigenvalue weighted by Gasteiger charge is -2.22. The zero-order valence-electron chi connectivity index (χ0n) is 8.15. The molecule has 1 heterocycles. The molecule has 1 fully saturated rings. The SMILES string of the molecule is NC1(COc2cccnn2)CCCC1. The average molecular weight is 193 g/mol. The number of ether oxygens (including phenoxy) is 1. The van der Waals surface area contributed by atoms with Gasteiger partial charge >= 0.3 is 0 Å². The molecular weight excluding hydrogens is 178 g/mol. The van der Waals surface area contributed by atoms with E-state index >= 15 is 0 Å². The summed E-state index contributed by atoms with van der Waals surface area (Å²) in [4.78, 5) is 0. The van der Waals surface area contributed by atoms with Gasteiger partial charge in [0.05, 0.1) is 5.54 Å². The Morgan fingerprint density at radius 3 is 2.86 bits per heavy atom. The van der Waals surface area contributed by atoms with Crippen molar-refractivity contribution in [1.82, 2.24) is 10.2 Å². The highest BCUT2D eigenvalue weighted by Gasteiger charge is 2.30. The van der Waals surface area contributed by atoms with Gasteiger partial charge in [0.25, 0.3) is 0 Å². The van der Waals surface area contributed by atoms with Crippen LogP contribution < -0.4 is 10.5 Å². The lowest BCUT2D eigenvalue weighted by Crippen LogP contribution is -2.42. The maximum atomic E-state index is 6.13. The summed E-state index contributed by atoms with van der Waals surface area (Å²) in [6.45, 7) is 0.547. The summed E-state index contributed by atoms with van der Waals surface area (Å²) in [5.74, 6) is 0.559. The Morgan fingerprint density at radius 2 is 2.21 bits per heavy atom. The summed E-state index contributed by atoms with van der Waals surface area (Å²) in [5.41, 5.74) is 5.99. The lowest BCUT2D eigenvalue weighted by molar-refractivity contribution is 0.211. The van der Waals surface area contributed by atoms with Gasteiger partial charge in [0.1, 0.15) is 6.61 Å². The van der Waals surface area contributed by atoms with Crippen molar-refractivity contribution < 1.29 is 4.74 Å². The molecule has 0 spiro atoms. The second kappa shape index (κ2) is 3.92. The molecule has 0 atom stereocenters. The summed E-state index contributed by atoms with van der Waals surface area (Å²) in [6.07, 6.45) is 6.14. The Morgan fingerprint density at radius 1 is 1.43 bits per heavy atom. The molecule has 1 aliphatic rings. The number of rotatable bonds is 3. The zero-order valence-corrected chi connectivity index (χ0v) is 8.15. The second-order valence-corrected chi connectivity index (χ2v) is 3.92. The molecule has 1 aromatic heterocycles. The average Bonchev–Trinajstić information content (AvgIpc) is 2.65. The van der Waals surface area contributed by atoms with E-state index in [1.165, 1.54) is 12.8 Å². The largest absolute Gasteiger partial charge is 0.475 e. The van der Waals surface area contributed by atoms with Gasteiger partial charge in [-0.05, 0) is 18.9 Å². The molecule has 0 aromatic carbocycles. The Kier molecular flexibility index (Phi) is 2.63. The number of nitrogens with two attached hydrogens (primary N) is 1. The van der Waals surface area contributed by atoms with Crippen LogP contribution in [0.25, 0.3) is 0 Å². The van der Waals surface area contributed by atoms with Crippen molar-refractivity contribution in [3.63, 3.8) is 0 Å². The first-order valence-corrected chi connectivity index (χ1v) is 4.98. The van der Waals surface area contributed by atoms with Gasteiger partial charge in [-0.15, -0.1) is 5.10 Å². The summed E-state index contributed by atoms with van der Waals surface area (Å²) in [7, 11) is 0. The second-order valence-electron chi connectivity index (χ2n) is 3.92. The summed E-state index contributed by atoms with van der Waals surface area (Å²) in [5, 5.41) is 7.58. The van der Waals surface area contributed by atoms with E-state index in [1.54, 1.807) is 18.3 Å². The Bertz CT molecular complexity index is 283. The van der Waals surface area contributed by atoms with Crippen LogP contribution in [-0.4, -0.2) is 22.3 Å². The van der Waals surface area contributed by atoms with Crippen LogP contribution in [0, 0.1) is 0 Å². The predicted molar refractivity (Wildman–Crippen MR) is 52.9 cm³/mol. The van der Waals surface area contributed by atoms with Crippen LogP contribution in [0.3, 0.4) is 0 Å².